The number of carbonyl (C=O) groups is 2. The van der Waals surface area contributed by atoms with E-state index in [4.69, 9.17) is 5.11 Å². The molecular weight excluding hydrogens is 227 g/mol. The summed E-state index contributed by atoms with van der Waals surface area (Å²) >= 11 is 0. The zero-order valence-corrected chi connectivity index (χ0v) is 8.38. The number of carboxylic acid groups (broad SMARTS) is 1. The first-order valence-corrected chi connectivity index (χ1v) is 4.87. The highest BCUT2D eigenvalue weighted by atomic mass is 19.4. The lowest BCUT2D eigenvalue weighted by Gasteiger charge is -2.32. The maximum Gasteiger partial charge on any atom is 0.389 e. The van der Waals surface area contributed by atoms with Gasteiger partial charge in [-0.25, -0.2) is 0 Å². The number of hydrogen-bond donors (Lipinski definition) is 2. The second kappa shape index (κ2) is 4.71. The molecule has 0 bridgehead atoms. The van der Waals surface area contributed by atoms with Gasteiger partial charge in [-0.3, -0.25) is 9.59 Å². The summed E-state index contributed by atoms with van der Waals surface area (Å²) in [5.74, 6) is -2.08. The Hall–Kier alpha value is -1.27. The minimum Gasteiger partial charge on any atom is -0.481 e. The highest BCUT2D eigenvalue weighted by molar-refractivity contribution is 5.77. The molecule has 7 heteroatoms. The maximum atomic E-state index is 11.8. The van der Waals surface area contributed by atoms with Crippen molar-refractivity contribution in [3.63, 3.8) is 0 Å². The molecule has 16 heavy (non-hydrogen) atoms. The van der Waals surface area contributed by atoms with Crippen LogP contribution in [0.15, 0.2) is 0 Å². The van der Waals surface area contributed by atoms with Crippen LogP contribution in [0.1, 0.15) is 25.7 Å². The molecule has 1 aliphatic rings. The smallest absolute Gasteiger partial charge is 0.389 e. The minimum absolute atomic E-state index is 0.290. The molecule has 1 fully saturated rings. The molecule has 92 valence electrons. The minimum atomic E-state index is -4.33. The van der Waals surface area contributed by atoms with Crippen molar-refractivity contribution in [1.29, 1.82) is 0 Å². The van der Waals surface area contributed by atoms with Crippen molar-refractivity contribution in [2.24, 2.45) is 5.92 Å². The van der Waals surface area contributed by atoms with Crippen molar-refractivity contribution in [1.82, 2.24) is 5.32 Å². The first-order valence-electron chi connectivity index (χ1n) is 4.87. The Balaban J connectivity index is 2.15. The van der Waals surface area contributed by atoms with Crippen molar-refractivity contribution in [3.8, 4) is 0 Å². The van der Waals surface area contributed by atoms with Crippen LogP contribution in [0.3, 0.4) is 0 Å². The molecule has 0 unspecified atom stereocenters. The van der Waals surface area contributed by atoms with E-state index in [0.29, 0.717) is 12.8 Å². The van der Waals surface area contributed by atoms with Crippen LogP contribution in [-0.4, -0.2) is 29.2 Å². The molecule has 0 spiro atoms. The van der Waals surface area contributed by atoms with Gasteiger partial charge in [-0.15, -0.1) is 0 Å². The van der Waals surface area contributed by atoms with E-state index >= 15 is 0 Å². The molecule has 0 aromatic carbocycles. The first-order chi connectivity index (χ1) is 7.28. The molecule has 1 aliphatic carbocycles. The number of hydrogen-bond acceptors (Lipinski definition) is 2. The SMILES string of the molecule is O=C(CCC(F)(F)F)NC1CC(C(=O)O)C1. The Morgan fingerprint density at radius 3 is 2.31 bits per heavy atom. The van der Waals surface area contributed by atoms with Gasteiger partial charge in [0.2, 0.25) is 5.91 Å². The number of nitrogens with one attached hydrogen (secondary N) is 1. The third kappa shape index (κ3) is 4.08. The van der Waals surface area contributed by atoms with E-state index in [0.717, 1.165) is 0 Å². The third-order valence-electron chi connectivity index (χ3n) is 2.49. The normalized spacial score (nSPS) is 24.7. The summed E-state index contributed by atoms with van der Waals surface area (Å²) in [7, 11) is 0. The lowest BCUT2D eigenvalue weighted by molar-refractivity contribution is -0.147. The molecule has 2 N–H and O–H groups in total. The van der Waals surface area contributed by atoms with Gasteiger partial charge in [-0.2, -0.15) is 13.2 Å². The monoisotopic (exact) mass is 239 g/mol. The topological polar surface area (TPSA) is 66.4 Å². The van der Waals surface area contributed by atoms with Gasteiger partial charge in [-0.1, -0.05) is 0 Å². The lowest BCUT2D eigenvalue weighted by Crippen LogP contribution is -2.46. The van der Waals surface area contributed by atoms with Gasteiger partial charge in [-0.05, 0) is 12.8 Å². The quantitative estimate of drug-likeness (QED) is 0.777. The highest BCUT2D eigenvalue weighted by Crippen LogP contribution is 2.28. The summed E-state index contributed by atoms with van der Waals surface area (Å²) in [4.78, 5) is 21.4. The number of amides is 1. The predicted molar refractivity (Wildman–Crippen MR) is 47.6 cm³/mol. The highest BCUT2D eigenvalue weighted by Gasteiger charge is 2.35. The van der Waals surface area contributed by atoms with Gasteiger partial charge < -0.3 is 10.4 Å². The summed E-state index contributed by atoms with van der Waals surface area (Å²) in [6.07, 6.45) is -5.48. The molecule has 1 amide bonds. The van der Waals surface area contributed by atoms with Crippen LogP contribution in [0.2, 0.25) is 0 Å². The summed E-state index contributed by atoms with van der Waals surface area (Å²) in [6.45, 7) is 0. The number of halogens is 3. The van der Waals surface area contributed by atoms with E-state index in [9.17, 15) is 22.8 Å². The fourth-order valence-electron chi connectivity index (χ4n) is 1.49. The molecule has 0 aromatic rings. The fourth-order valence-corrected chi connectivity index (χ4v) is 1.49. The summed E-state index contributed by atoms with van der Waals surface area (Å²) < 4.78 is 35.3. The Morgan fingerprint density at radius 1 is 1.31 bits per heavy atom. The van der Waals surface area contributed by atoms with Crippen molar-refractivity contribution in [3.05, 3.63) is 0 Å². The van der Waals surface area contributed by atoms with Gasteiger partial charge in [0.1, 0.15) is 0 Å². The third-order valence-corrected chi connectivity index (χ3v) is 2.49. The van der Waals surface area contributed by atoms with Gasteiger partial charge in [0, 0.05) is 12.5 Å². The van der Waals surface area contributed by atoms with Gasteiger partial charge in [0.15, 0.2) is 0 Å². The molecular formula is C9H12F3NO3. The number of carboxylic acids is 1. The van der Waals surface area contributed by atoms with E-state index in [1.807, 2.05) is 0 Å². The number of rotatable bonds is 4. The van der Waals surface area contributed by atoms with Crippen LogP contribution in [0.4, 0.5) is 13.2 Å². The molecule has 1 rings (SSSR count). The number of carbonyl (C=O) groups excluding carboxylic acids is 1. The molecule has 0 saturated heterocycles. The fraction of sp³-hybridized carbons (Fsp3) is 0.778. The van der Waals surface area contributed by atoms with Crippen molar-refractivity contribution < 1.29 is 27.9 Å². The van der Waals surface area contributed by atoms with Gasteiger partial charge >= 0.3 is 12.1 Å². The first kappa shape index (κ1) is 12.8. The molecule has 0 atom stereocenters. The average molecular weight is 239 g/mol. The zero-order valence-electron chi connectivity index (χ0n) is 8.38. The summed E-state index contributed by atoms with van der Waals surface area (Å²) in [5, 5.41) is 10.9. The number of alkyl halides is 3. The largest absolute Gasteiger partial charge is 0.481 e. The lowest BCUT2D eigenvalue weighted by atomic mass is 9.80. The van der Waals surface area contributed by atoms with Crippen LogP contribution < -0.4 is 5.32 Å². The Bertz CT molecular complexity index is 284. The Labute approximate surface area is 89.8 Å². The van der Waals surface area contributed by atoms with Crippen molar-refractivity contribution in [2.75, 3.05) is 0 Å². The van der Waals surface area contributed by atoms with Crippen LogP contribution in [-0.2, 0) is 9.59 Å². The van der Waals surface area contributed by atoms with Gasteiger partial charge in [0.05, 0.1) is 12.3 Å². The van der Waals surface area contributed by atoms with E-state index in [1.165, 1.54) is 0 Å². The summed E-state index contributed by atoms with van der Waals surface area (Å²) in [6, 6.07) is -0.290. The van der Waals surface area contributed by atoms with Crippen molar-refractivity contribution >= 4 is 11.9 Å². The number of aliphatic carboxylic acids is 1. The zero-order chi connectivity index (χ0) is 12.3. The Kier molecular flexibility index (Phi) is 3.77. The Morgan fingerprint density at radius 2 is 1.88 bits per heavy atom. The molecule has 0 heterocycles. The van der Waals surface area contributed by atoms with Crippen LogP contribution in [0, 0.1) is 5.92 Å². The molecule has 0 aromatic heterocycles. The second-order valence-electron chi connectivity index (χ2n) is 3.89. The van der Waals surface area contributed by atoms with Crippen molar-refractivity contribution in [2.45, 2.75) is 37.9 Å². The van der Waals surface area contributed by atoms with E-state index in [1.54, 1.807) is 0 Å². The van der Waals surface area contributed by atoms with E-state index < -0.39 is 36.8 Å². The van der Waals surface area contributed by atoms with Crippen LogP contribution in [0.5, 0.6) is 0 Å². The van der Waals surface area contributed by atoms with E-state index in [-0.39, 0.29) is 6.04 Å². The molecule has 0 radical (unpaired) electrons. The standard InChI is InChI=1S/C9H12F3NO3/c10-9(11,12)2-1-7(14)13-6-3-5(4-6)8(15)16/h5-6H,1-4H2,(H,13,14)(H,15,16). The summed E-state index contributed by atoms with van der Waals surface area (Å²) in [5.41, 5.74) is 0. The predicted octanol–water partition coefficient (Wildman–Crippen LogP) is 1.31. The average Bonchev–Trinajstić information content (AvgIpc) is 2.05. The van der Waals surface area contributed by atoms with Crippen LogP contribution >= 0.6 is 0 Å². The molecule has 0 aliphatic heterocycles. The van der Waals surface area contributed by atoms with Gasteiger partial charge in [0.25, 0.3) is 0 Å². The van der Waals surface area contributed by atoms with E-state index in [2.05, 4.69) is 5.32 Å². The second-order valence-corrected chi connectivity index (χ2v) is 3.89. The molecule has 4 nitrogen and oxygen atoms in total. The molecule has 1 saturated carbocycles. The maximum absolute atomic E-state index is 11.8. The van der Waals surface area contributed by atoms with Crippen LogP contribution in [0.25, 0.3) is 0 Å².